The minimum atomic E-state index is -0.481. The fraction of sp³-hybridized carbons (Fsp3) is 0.200. The lowest BCUT2D eigenvalue weighted by Gasteiger charge is -1.92. The number of hydrogen-bond acceptors (Lipinski definition) is 4. The number of esters is 1. The van der Waals surface area contributed by atoms with E-state index in [9.17, 15) is 4.79 Å². The van der Waals surface area contributed by atoms with Crippen molar-refractivity contribution in [2.75, 3.05) is 7.11 Å². The van der Waals surface area contributed by atoms with Crippen LogP contribution in [0.4, 0.5) is 0 Å². The summed E-state index contributed by atoms with van der Waals surface area (Å²) in [5.41, 5.74) is 0.827. The van der Waals surface area contributed by atoms with Crippen molar-refractivity contribution in [2.45, 2.75) is 0 Å². The molecular weight excluding hydrogens is 196 g/mol. The van der Waals surface area contributed by atoms with Gasteiger partial charge in [0.25, 0.3) is 0 Å². The van der Waals surface area contributed by atoms with Crippen LogP contribution in [0, 0.1) is 0 Å². The maximum absolute atomic E-state index is 11.1. The van der Waals surface area contributed by atoms with Gasteiger partial charge in [-0.2, -0.15) is 5.10 Å². The van der Waals surface area contributed by atoms with Gasteiger partial charge in [0.1, 0.15) is 5.76 Å². The third kappa shape index (κ3) is 1.76. The van der Waals surface area contributed by atoms with Crippen LogP contribution in [0.2, 0.25) is 0 Å². The van der Waals surface area contributed by atoms with Gasteiger partial charge < -0.3 is 9.15 Å². The molecule has 0 unspecified atom stereocenters. The number of hydrogen-bond donors (Lipinski definition) is 0. The van der Waals surface area contributed by atoms with Gasteiger partial charge in [-0.15, -0.1) is 0 Å². The van der Waals surface area contributed by atoms with Crippen LogP contribution in [0.5, 0.6) is 0 Å². The Morgan fingerprint density at radius 3 is 2.93 bits per heavy atom. The van der Waals surface area contributed by atoms with Crippen LogP contribution in [0.1, 0.15) is 10.6 Å². The highest BCUT2D eigenvalue weighted by molar-refractivity contribution is 5.86. The number of rotatable bonds is 2. The Morgan fingerprint density at radius 2 is 2.33 bits per heavy atom. The van der Waals surface area contributed by atoms with Gasteiger partial charge in [-0.3, -0.25) is 4.68 Å². The molecule has 0 radical (unpaired) electrons. The molecule has 5 heteroatoms. The molecule has 0 bridgehead atoms. The summed E-state index contributed by atoms with van der Waals surface area (Å²) < 4.78 is 11.5. The Hall–Kier alpha value is -2.04. The Bertz CT molecular complexity index is 484. The Kier molecular flexibility index (Phi) is 2.29. The molecule has 0 fully saturated rings. The standard InChI is InChI=1S/C10H10N2O3/c1-12-6-7(5-11-12)8-3-4-9(15-8)10(13)14-2/h3-6H,1-2H3. The zero-order valence-corrected chi connectivity index (χ0v) is 8.43. The lowest BCUT2D eigenvalue weighted by atomic mass is 10.3. The van der Waals surface area contributed by atoms with E-state index in [1.54, 1.807) is 29.2 Å². The normalized spacial score (nSPS) is 10.3. The summed E-state index contributed by atoms with van der Waals surface area (Å²) >= 11 is 0. The number of carbonyl (C=O) groups is 1. The second-order valence-electron chi connectivity index (χ2n) is 3.06. The van der Waals surface area contributed by atoms with Gasteiger partial charge in [0, 0.05) is 13.2 Å². The maximum atomic E-state index is 11.1. The summed E-state index contributed by atoms with van der Waals surface area (Å²) in [7, 11) is 3.13. The van der Waals surface area contributed by atoms with Gasteiger partial charge in [-0.1, -0.05) is 0 Å². The van der Waals surface area contributed by atoms with Crippen LogP contribution in [-0.4, -0.2) is 22.9 Å². The molecule has 0 N–H and O–H groups in total. The monoisotopic (exact) mass is 206 g/mol. The predicted molar refractivity (Wildman–Crippen MR) is 52.2 cm³/mol. The minimum absolute atomic E-state index is 0.191. The van der Waals surface area contributed by atoms with E-state index in [1.165, 1.54) is 7.11 Å². The van der Waals surface area contributed by atoms with E-state index in [0.29, 0.717) is 5.76 Å². The van der Waals surface area contributed by atoms with Gasteiger partial charge in [-0.25, -0.2) is 4.79 Å². The zero-order valence-electron chi connectivity index (χ0n) is 8.43. The van der Waals surface area contributed by atoms with E-state index < -0.39 is 5.97 Å². The topological polar surface area (TPSA) is 57.3 Å². The molecule has 0 spiro atoms. The van der Waals surface area contributed by atoms with E-state index in [4.69, 9.17) is 4.42 Å². The van der Waals surface area contributed by atoms with Crippen LogP contribution < -0.4 is 0 Å². The quantitative estimate of drug-likeness (QED) is 0.698. The summed E-state index contributed by atoms with van der Waals surface area (Å²) in [5, 5.41) is 4.01. The molecule has 0 atom stereocenters. The molecule has 0 saturated heterocycles. The molecule has 0 aliphatic heterocycles. The fourth-order valence-electron chi connectivity index (χ4n) is 1.25. The summed E-state index contributed by atoms with van der Waals surface area (Å²) in [4.78, 5) is 11.1. The molecular formula is C10H10N2O3. The predicted octanol–water partition coefficient (Wildman–Crippen LogP) is 1.47. The second kappa shape index (κ2) is 3.61. The zero-order chi connectivity index (χ0) is 10.8. The molecule has 15 heavy (non-hydrogen) atoms. The summed E-state index contributed by atoms with van der Waals surface area (Å²) in [6, 6.07) is 3.29. The smallest absolute Gasteiger partial charge is 0.373 e. The Balaban J connectivity index is 2.31. The molecule has 0 aromatic carbocycles. The third-order valence-electron chi connectivity index (χ3n) is 1.98. The van der Waals surface area contributed by atoms with Crippen LogP contribution >= 0.6 is 0 Å². The van der Waals surface area contributed by atoms with Crippen LogP contribution in [0.15, 0.2) is 28.9 Å². The number of carbonyl (C=O) groups excluding carboxylic acids is 1. The van der Waals surface area contributed by atoms with Crippen LogP contribution in [0.25, 0.3) is 11.3 Å². The highest BCUT2D eigenvalue weighted by atomic mass is 16.5. The van der Waals surface area contributed by atoms with E-state index in [-0.39, 0.29) is 5.76 Å². The SMILES string of the molecule is COC(=O)c1ccc(-c2cnn(C)c2)o1. The molecule has 0 amide bonds. The Morgan fingerprint density at radius 1 is 1.53 bits per heavy atom. The fourth-order valence-corrected chi connectivity index (χ4v) is 1.25. The second-order valence-corrected chi connectivity index (χ2v) is 3.06. The first kappa shape index (κ1) is 9.51. The third-order valence-corrected chi connectivity index (χ3v) is 1.98. The number of ether oxygens (including phenoxy) is 1. The van der Waals surface area contributed by atoms with Crippen molar-refractivity contribution in [1.82, 2.24) is 9.78 Å². The number of methoxy groups -OCH3 is 1. The molecule has 2 aromatic rings. The van der Waals surface area contributed by atoms with Crippen molar-refractivity contribution < 1.29 is 13.9 Å². The van der Waals surface area contributed by atoms with Crippen molar-refractivity contribution in [2.24, 2.45) is 7.05 Å². The molecule has 78 valence electrons. The first-order valence-corrected chi connectivity index (χ1v) is 4.38. The van der Waals surface area contributed by atoms with Gasteiger partial charge >= 0.3 is 5.97 Å². The summed E-state index contributed by atoms with van der Waals surface area (Å²) in [5.74, 6) is 0.310. The van der Waals surface area contributed by atoms with Gasteiger partial charge in [0.15, 0.2) is 0 Å². The van der Waals surface area contributed by atoms with E-state index in [2.05, 4.69) is 9.84 Å². The molecule has 0 aliphatic carbocycles. The average Bonchev–Trinajstić information content (AvgIpc) is 2.84. The van der Waals surface area contributed by atoms with Crippen molar-refractivity contribution in [3.63, 3.8) is 0 Å². The summed E-state index contributed by atoms with van der Waals surface area (Å²) in [6.07, 6.45) is 3.47. The molecule has 2 aromatic heterocycles. The molecule has 5 nitrogen and oxygen atoms in total. The van der Waals surface area contributed by atoms with Gasteiger partial charge in [-0.05, 0) is 12.1 Å². The van der Waals surface area contributed by atoms with Crippen molar-refractivity contribution in [3.05, 3.63) is 30.3 Å². The molecule has 2 heterocycles. The lowest BCUT2D eigenvalue weighted by Crippen LogP contribution is -1.98. The Labute approximate surface area is 86.3 Å². The number of aryl methyl sites for hydroxylation is 1. The molecule has 0 aliphatic rings. The molecule has 2 rings (SSSR count). The lowest BCUT2D eigenvalue weighted by molar-refractivity contribution is 0.0566. The highest BCUT2D eigenvalue weighted by Crippen LogP contribution is 2.21. The van der Waals surface area contributed by atoms with E-state index >= 15 is 0 Å². The van der Waals surface area contributed by atoms with Crippen molar-refractivity contribution >= 4 is 5.97 Å². The molecule has 0 saturated carbocycles. The average molecular weight is 206 g/mol. The number of aromatic nitrogens is 2. The van der Waals surface area contributed by atoms with Crippen molar-refractivity contribution in [3.8, 4) is 11.3 Å². The number of furan rings is 1. The van der Waals surface area contributed by atoms with Crippen molar-refractivity contribution in [1.29, 1.82) is 0 Å². The van der Waals surface area contributed by atoms with Crippen LogP contribution in [0.3, 0.4) is 0 Å². The van der Waals surface area contributed by atoms with E-state index in [1.807, 2.05) is 7.05 Å². The first-order chi connectivity index (χ1) is 7.20. The maximum Gasteiger partial charge on any atom is 0.373 e. The van der Waals surface area contributed by atoms with Gasteiger partial charge in [0.2, 0.25) is 5.76 Å². The van der Waals surface area contributed by atoms with E-state index in [0.717, 1.165) is 5.56 Å². The highest BCUT2D eigenvalue weighted by Gasteiger charge is 2.12. The largest absolute Gasteiger partial charge is 0.463 e. The van der Waals surface area contributed by atoms with Gasteiger partial charge in [0.05, 0.1) is 18.9 Å². The number of nitrogens with zero attached hydrogens (tertiary/aromatic N) is 2. The first-order valence-electron chi connectivity index (χ1n) is 4.38. The summed E-state index contributed by atoms with van der Waals surface area (Å²) in [6.45, 7) is 0. The minimum Gasteiger partial charge on any atom is -0.463 e. The van der Waals surface area contributed by atoms with Crippen LogP contribution in [-0.2, 0) is 11.8 Å².